The zero-order valence-electron chi connectivity index (χ0n) is 16.6. The van der Waals surface area contributed by atoms with Gasteiger partial charge in [-0.3, -0.25) is 9.88 Å². The van der Waals surface area contributed by atoms with Crippen LogP contribution >= 0.6 is 0 Å². The van der Waals surface area contributed by atoms with Crippen molar-refractivity contribution in [2.45, 2.75) is 43.7 Å². The Hall–Kier alpha value is -1.75. The Bertz CT molecular complexity index is 774. The quantitative estimate of drug-likeness (QED) is 0.867. The van der Waals surface area contributed by atoms with E-state index in [9.17, 15) is 5.11 Å². The van der Waals surface area contributed by atoms with Gasteiger partial charge in [0.2, 0.25) is 0 Å². The fraction of sp³-hybridized carbons (Fsp3) is 0.542. The van der Waals surface area contributed by atoms with E-state index in [0.717, 1.165) is 24.6 Å². The van der Waals surface area contributed by atoms with Crippen LogP contribution in [0.5, 0.6) is 0 Å². The second-order valence-electron chi connectivity index (χ2n) is 8.85. The summed E-state index contributed by atoms with van der Waals surface area (Å²) in [7, 11) is 0. The fourth-order valence-corrected chi connectivity index (χ4v) is 5.27. The van der Waals surface area contributed by atoms with Crippen LogP contribution in [0.25, 0.3) is 11.1 Å². The first-order chi connectivity index (χ1) is 13.8. The van der Waals surface area contributed by atoms with Crippen LogP contribution < -0.4 is 0 Å². The second kappa shape index (κ2) is 7.94. The van der Waals surface area contributed by atoms with Gasteiger partial charge < -0.3 is 10.0 Å². The number of hydrogen-bond acceptors (Lipinski definition) is 4. The molecule has 3 aliphatic rings. The predicted octanol–water partition coefficient (Wildman–Crippen LogP) is 3.38. The van der Waals surface area contributed by atoms with Crippen molar-refractivity contribution in [3.05, 3.63) is 54.4 Å². The summed E-state index contributed by atoms with van der Waals surface area (Å²) < 4.78 is 0. The van der Waals surface area contributed by atoms with Crippen molar-refractivity contribution in [1.29, 1.82) is 0 Å². The minimum absolute atomic E-state index is 0.258. The highest BCUT2D eigenvalue weighted by molar-refractivity contribution is 5.62. The molecule has 1 N–H and O–H groups in total. The largest absolute Gasteiger partial charge is 0.395 e. The number of fused-ring (bicyclic) bond motifs is 1. The van der Waals surface area contributed by atoms with E-state index in [0.29, 0.717) is 12.0 Å². The Morgan fingerprint density at radius 3 is 2.54 bits per heavy atom. The lowest BCUT2D eigenvalue weighted by Crippen LogP contribution is -2.67. The number of aliphatic hydroxyl groups excluding tert-OH is 1. The number of rotatable bonds is 5. The van der Waals surface area contributed by atoms with Gasteiger partial charge in [-0.25, -0.2) is 0 Å². The second-order valence-corrected chi connectivity index (χ2v) is 8.85. The molecule has 0 amide bonds. The third-order valence-corrected chi connectivity index (χ3v) is 6.96. The first kappa shape index (κ1) is 18.3. The Labute approximate surface area is 168 Å². The van der Waals surface area contributed by atoms with Gasteiger partial charge in [0.15, 0.2) is 0 Å². The van der Waals surface area contributed by atoms with Crippen LogP contribution in [-0.4, -0.2) is 64.8 Å². The average molecular weight is 378 g/mol. The van der Waals surface area contributed by atoms with Crippen molar-refractivity contribution in [1.82, 2.24) is 14.8 Å². The van der Waals surface area contributed by atoms with Crippen molar-refractivity contribution in [3.63, 3.8) is 0 Å². The van der Waals surface area contributed by atoms with Gasteiger partial charge in [0.1, 0.15) is 0 Å². The van der Waals surface area contributed by atoms with E-state index < -0.39 is 0 Å². The Kier molecular flexibility index (Phi) is 5.19. The molecular formula is C24H31N3O. The van der Waals surface area contributed by atoms with Crippen LogP contribution in [0.3, 0.4) is 0 Å². The summed E-state index contributed by atoms with van der Waals surface area (Å²) in [5.41, 5.74) is 3.74. The number of aromatic nitrogens is 1. The molecule has 2 aliphatic heterocycles. The van der Waals surface area contributed by atoms with Crippen LogP contribution in [0.1, 0.15) is 37.2 Å². The summed E-state index contributed by atoms with van der Waals surface area (Å²) in [5.74, 6) is 1.38. The molecule has 1 aliphatic carbocycles. The highest BCUT2D eigenvalue weighted by Crippen LogP contribution is 2.42. The van der Waals surface area contributed by atoms with Crippen molar-refractivity contribution in [2.75, 3.05) is 32.8 Å². The van der Waals surface area contributed by atoms with Crippen LogP contribution in [0.15, 0.2) is 48.8 Å². The van der Waals surface area contributed by atoms with Crippen LogP contribution in [-0.2, 0) is 0 Å². The smallest absolute Gasteiger partial charge is 0.0593 e. The SMILES string of the molecule is OC[C@@H]1[C@@H](c2ccc(-c3cccnc3)cc2)[C@@H]2CN(CC3CC3)CCCCN12. The summed E-state index contributed by atoms with van der Waals surface area (Å²) in [6, 6.07) is 13.9. The third-order valence-electron chi connectivity index (χ3n) is 6.96. The lowest BCUT2D eigenvalue weighted by molar-refractivity contribution is -0.0649. The van der Waals surface area contributed by atoms with Gasteiger partial charge in [-0.2, -0.15) is 0 Å². The van der Waals surface area contributed by atoms with E-state index in [1.54, 1.807) is 0 Å². The summed E-state index contributed by atoms with van der Waals surface area (Å²) in [5, 5.41) is 10.1. The summed E-state index contributed by atoms with van der Waals surface area (Å²) in [4.78, 5) is 9.53. The highest BCUT2D eigenvalue weighted by Gasteiger charge is 2.49. The van der Waals surface area contributed by atoms with Gasteiger partial charge in [0, 0.05) is 43.5 Å². The van der Waals surface area contributed by atoms with Crippen molar-refractivity contribution < 1.29 is 5.11 Å². The molecule has 3 heterocycles. The van der Waals surface area contributed by atoms with Gasteiger partial charge >= 0.3 is 0 Å². The minimum atomic E-state index is 0.258. The average Bonchev–Trinajstić information content (AvgIpc) is 3.54. The first-order valence-corrected chi connectivity index (χ1v) is 10.9. The van der Waals surface area contributed by atoms with E-state index in [4.69, 9.17) is 0 Å². The summed E-state index contributed by atoms with van der Waals surface area (Å²) in [6.07, 6.45) is 9.11. The van der Waals surface area contributed by atoms with Gasteiger partial charge in [-0.15, -0.1) is 0 Å². The number of pyridine rings is 1. The standard InChI is InChI=1S/C24H31N3O/c28-17-23-24(20-9-7-19(8-10-20)21-4-3-11-25-14-21)22-16-26(15-18-5-6-18)12-1-2-13-27(22)23/h3-4,7-11,14,18,22-24,28H,1-2,5-6,12-13,15-17H2/t22-,23+,24-/m0/s1. The molecule has 2 aromatic rings. The van der Waals surface area contributed by atoms with Crippen molar-refractivity contribution >= 4 is 0 Å². The predicted molar refractivity (Wildman–Crippen MR) is 112 cm³/mol. The molecule has 2 saturated heterocycles. The monoisotopic (exact) mass is 377 g/mol. The topological polar surface area (TPSA) is 39.6 Å². The van der Waals surface area contributed by atoms with Crippen molar-refractivity contribution in [3.8, 4) is 11.1 Å². The Morgan fingerprint density at radius 2 is 1.82 bits per heavy atom. The molecule has 4 heteroatoms. The molecule has 0 radical (unpaired) electrons. The Morgan fingerprint density at radius 1 is 1.00 bits per heavy atom. The molecule has 0 spiro atoms. The lowest BCUT2D eigenvalue weighted by Gasteiger charge is -2.57. The number of nitrogens with zero attached hydrogens (tertiary/aromatic N) is 3. The zero-order valence-corrected chi connectivity index (χ0v) is 16.6. The van der Waals surface area contributed by atoms with Crippen LogP contribution in [0, 0.1) is 5.92 Å². The molecule has 4 nitrogen and oxygen atoms in total. The molecular weight excluding hydrogens is 346 g/mol. The molecule has 5 rings (SSSR count). The maximum absolute atomic E-state index is 10.1. The summed E-state index contributed by atoms with van der Waals surface area (Å²) >= 11 is 0. The minimum Gasteiger partial charge on any atom is -0.395 e. The summed E-state index contributed by atoms with van der Waals surface area (Å²) in [6.45, 7) is 5.08. The third kappa shape index (κ3) is 3.61. The van der Waals surface area contributed by atoms with Gasteiger partial charge in [0.25, 0.3) is 0 Å². The van der Waals surface area contributed by atoms with E-state index in [1.165, 1.54) is 49.9 Å². The number of hydrogen-bond donors (Lipinski definition) is 1. The molecule has 1 saturated carbocycles. The lowest BCUT2D eigenvalue weighted by atomic mass is 9.74. The van der Waals surface area contributed by atoms with E-state index in [-0.39, 0.29) is 12.6 Å². The van der Waals surface area contributed by atoms with E-state index in [2.05, 4.69) is 45.1 Å². The first-order valence-electron chi connectivity index (χ1n) is 10.9. The fourth-order valence-electron chi connectivity index (χ4n) is 5.27. The molecule has 1 aromatic carbocycles. The molecule has 28 heavy (non-hydrogen) atoms. The van der Waals surface area contributed by atoms with Crippen molar-refractivity contribution in [2.24, 2.45) is 5.92 Å². The molecule has 0 unspecified atom stereocenters. The number of benzene rings is 1. The van der Waals surface area contributed by atoms with Gasteiger partial charge in [0.05, 0.1) is 6.61 Å². The normalized spacial score (nSPS) is 28.8. The maximum atomic E-state index is 10.1. The van der Waals surface area contributed by atoms with Gasteiger partial charge in [-0.1, -0.05) is 30.3 Å². The highest BCUT2D eigenvalue weighted by atomic mass is 16.3. The molecule has 3 atom stereocenters. The van der Waals surface area contributed by atoms with E-state index in [1.807, 2.05) is 18.5 Å². The molecule has 0 bridgehead atoms. The zero-order chi connectivity index (χ0) is 18.9. The maximum Gasteiger partial charge on any atom is 0.0593 e. The molecule has 148 valence electrons. The molecule has 1 aromatic heterocycles. The number of aliphatic hydroxyl groups is 1. The van der Waals surface area contributed by atoms with Crippen LogP contribution in [0.4, 0.5) is 0 Å². The Balaban J connectivity index is 1.36. The van der Waals surface area contributed by atoms with Gasteiger partial charge in [-0.05, 0) is 67.4 Å². The molecule has 3 fully saturated rings. The van der Waals surface area contributed by atoms with E-state index >= 15 is 0 Å². The van der Waals surface area contributed by atoms with Crippen LogP contribution in [0.2, 0.25) is 0 Å².